The van der Waals surface area contributed by atoms with Gasteiger partial charge in [0.1, 0.15) is 0 Å². The smallest absolute Gasteiger partial charge is 0.219 e. The van der Waals surface area contributed by atoms with E-state index in [4.69, 9.17) is 0 Å². The third-order valence-corrected chi connectivity index (χ3v) is 4.95. The Labute approximate surface area is 117 Å². The van der Waals surface area contributed by atoms with Gasteiger partial charge < -0.3 is 10.2 Å². The van der Waals surface area contributed by atoms with Crippen LogP contribution in [0.5, 0.6) is 0 Å². The molecule has 1 aliphatic carbocycles. The number of nitrogens with one attached hydrogen (secondary N) is 1. The molecule has 0 radical (unpaired) electrons. The number of likely N-dealkylation sites (tertiary alicyclic amines) is 1. The number of allylic oxidation sites excluding steroid dienone is 1. The van der Waals surface area contributed by atoms with Gasteiger partial charge in [-0.15, -0.1) is 0 Å². The minimum absolute atomic E-state index is 0.0383. The predicted octanol–water partition coefficient (Wildman–Crippen LogP) is 1.83. The zero-order valence-electron chi connectivity index (χ0n) is 11.3. The topological polar surface area (TPSA) is 49.4 Å². The standard InChI is InChI=1S/C16H16N2O2/c1-10(19)18-7-6-16-12-4-2-3-5-13(12)17-14(16)8-11(20)9-15(16)18/h2-5,8,15,17H,6-7,9H2,1H3/t15-,16-/m0/s1. The lowest BCUT2D eigenvalue weighted by Crippen LogP contribution is -2.48. The normalized spacial score (nSPS) is 30.2. The molecular formula is C16H16N2O2. The van der Waals surface area contributed by atoms with E-state index in [-0.39, 0.29) is 23.1 Å². The summed E-state index contributed by atoms with van der Waals surface area (Å²) in [4.78, 5) is 25.8. The van der Waals surface area contributed by atoms with E-state index in [1.54, 1.807) is 13.0 Å². The van der Waals surface area contributed by atoms with Crippen molar-refractivity contribution in [3.63, 3.8) is 0 Å². The van der Waals surface area contributed by atoms with Gasteiger partial charge in [0.05, 0.1) is 11.5 Å². The van der Waals surface area contributed by atoms with Crippen LogP contribution < -0.4 is 5.32 Å². The number of fused-ring (bicyclic) bond motifs is 1. The number of carbonyl (C=O) groups is 2. The van der Waals surface area contributed by atoms with Crippen LogP contribution in [0.3, 0.4) is 0 Å². The van der Waals surface area contributed by atoms with Crippen LogP contribution in [0.15, 0.2) is 36.0 Å². The van der Waals surface area contributed by atoms with Crippen molar-refractivity contribution in [3.05, 3.63) is 41.6 Å². The van der Waals surface area contributed by atoms with E-state index in [2.05, 4.69) is 11.4 Å². The molecule has 1 fully saturated rings. The second-order valence-corrected chi connectivity index (χ2v) is 5.85. The highest BCUT2D eigenvalue weighted by molar-refractivity contribution is 5.96. The average molecular weight is 268 g/mol. The highest BCUT2D eigenvalue weighted by Gasteiger charge is 2.57. The van der Waals surface area contributed by atoms with E-state index >= 15 is 0 Å². The summed E-state index contributed by atoms with van der Waals surface area (Å²) in [5.41, 5.74) is 3.08. The van der Waals surface area contributed by atoms with E-state index in [1.807, 2.05) is 23.1 Å². The molecule has 0 unspecified atom stereocenters. The first kappa shape index (κ1) is 11.7. The number of rotatable bonds is 0. The van der Waals surface area contributed by atoms with Gasteiger partial charge in [-0.2, -0.15) is 0 Å². The molecule has 0 saturated carbocycles. The molecule has 1 aromatic carbocycles. The molecule has 2 heterocycles. The summed E-state index contributed by atoms with van der Waals surface area (Å²) in [7, 11) is 0. The Hall–Kier alpha value is -2.10. The van der Waals surface area contributed by atoms with Gasteiger partial charge in [0, 0.05) is 37.3 Å². The molecule has 1 N–H and O–H groups in total. The van der Waals surface area contributed by atoms with Crippen LogP contribution in [0.25, 0.3) is 0 Å². The number of hydrogen-bond acceptors (Lipinski definition) is 3. The van der Waals surface area contributed by atoms with Crippen LogP contribution in [-0.4, -0.2) is 29.2 Å². The molecule has 2 aliphatic heterocycles. The van der Waals surface area contributed by atoms with Crippen molar-refractivity contribution in [1.82, 2.24) is 4.90 Å². The monoisotopic (exact) mass is 268 g/mol. The molecule has 4 rings (SSSR count). The Kier molecular flexibility index (Phi) is 2.18. The van der Waals surface area contributed by atoms with E-state index in [9.17, 15) is 9.59 Å². The summed E-state index contributed by atoms with van der Waals surface area (Å²) < 4.78 is 0. The summed E-state index contributed by atoms with van der Waals surface area (Å²) in [6.45, 7) is 2.32. The highest BCUT2D eigenvalue weighted by atomic mass is 16.2. The maximum Gasteiger partial charge on any atom is 0.219 e. The molecular weight excluding hydrogens is 252 g/mol. The molecule has 1 amide bonds. The lowest BCUT2D eigenvalue weighted by Gasteiger charge is -2.38. The fourth-order valence-electron chi connectivity index (χ4n) is 4.13. The van der Waals surface area contributed by atoms with Gasteiger partial charge in [0.25, 0.3) is 0 Å². The Morgan fingerprint density at radius 3 is 3.00 bits per heavy atom. The molecule has 1 saturated heterocycles. The van der Waals surface area contributed by atoms with Gasteiger partial charge in [-0.05, 0) is 18.1 Å². The molecule has 4 heteroatoms. The van der Waals surface area contributed by atoms with Crippen LogP contribution in [0.4, 0.5) is 5.69 Å². The summed E-state index contributed by atoms with van der Waals surface area (Å²) in [6.07, 6.45) is 3.06. The summed E-state index contributed by atoms with van der Waals surface area (Å²) in [5.74, 6) is 0.166. The average Bonchev–Trinajstić information content (AvgIpc) is 2.93. The van der Waals surface area contributed by atoms with E-state index in [0.717, 1.165) is 24.4 Å². The zero-order chi connectivity index (χ0) is 13.9. The number of anilines is 1. The number of nitrogens with zero attached hydrogens (tertiary/aromatic N) is 1. The van der Waals surface area contributed by atoms with Crippen molar-refractivity contribution in [2.24, 2.45) is 0 Å². The fraction of sp³-hybridized carbons (Fsp3) is 0.375. The summed E-state index contributed by atoms with van der Waals surface area (Å²) >= 11 is 0. The van der Waals surface area contributed by atoms with Crippen molar-refractivity contribution in [1.29, 1.82) is 0 Å². The second kappa shape index (κ2) is 3.72. The quantitative estimate of drug-likeness (QED) is 0.781. The van der Waals surface area contributed by atoms with Crippen LogP contribution in [0, 0.1) is 0 Å². The first-order valence-corrected chi connectivity index (χ1v) is 7.02. The number of amides is 1. The molecule has 4 nitrogen and oxygen atoms in total. The highest BCUT2D eigenvalue weighted by Crippen LogP contribution is 2.55. The Bertz CT molecular complexity index is 664. The number of ketones is 1. The molecule has 3 aliphatic rings. The van der Waals surface area contributed by atoms with Crippen molar-refractivity contribution in [3.8, 4) is 0 Å². The molecule has 102 valence electrons. The van der Waals surface area contributed by atoms with Crippen molar-refractivity contribution < 1.29 is 9.59 Å². The molecule has 1 spiro atoms. The van der Waals surface area contributed by atoms with Crippen LogP contribution in [-0.2, 0) is 15.0 Å². The van der Waals surface area contributed by atoms with E-state index in [0.29, 0.717) is 6.42 Å². The van der Waals surface area contributed by atoms with Gasteiger partial charge in [-0.3, -0.25) is 9.59 Å². The Morgan fingerprint density at radius 1 is 1.40 bits per heavy atom. The van der Waals surface area contributed by atoms with Gasteiger partial charge >= 0.3 is 0 Å². The maximum atomic E-state index is 12.0. The third-order valence-electron chi connectivity index (χ3n) is 4.95. The number of hydrogen-bond donors (Lipinski definition) is 1. The molecule has 0 bridgehead atoms. The number of carbonyl (C=O) groups excluding carboxylic acids is 2. The van der Waals surface area contributed by atoms with Crippen molar-refractivity contribution in [2.45, 2.75) is 31.2 Å². The largest absolute Gasteiger partial charge is 0.358 e. The predicted molar refractivity (Wildman–Crippen MR) is 75.2 cm³/mol. The summed E-state index contributed by atoms with van der Waals surface area (Å²) in [6, 6.07) is 8.15. The number of para-hydroxylation sites is 1. The zero-order valence-corrected chi connectivity index (χ0v) is 11.3. The van der Waals surface area contributed by atoms with Crippen LogP contribution in [0.2, 0.25) is 0 Å². The van der Waals surface area contributed by atoms with E-state index < -0.39 is 0 Å². The maximum absolute atomic E-state index is 12.0. The fourth-order valence-corrected chi connectivity index (χ4v) is 4.13. The first-order valence-electron chi connectivity index (χ1n) is 7.02. The second-order valence-electron chi connectivity index (χ2n) is 5.85. The summed E-state index contributed by atoms with van der Waals surface area (Å²) in [5, 5.41) is 3.39. The SMILES string of the molecule is CC(=O)N1CC[C@]23C(=CC(=O)C[C@H]12)Nc1ccccc13. The Balaban J connectivity index is 1.94. The van der Waals surface area contributed by atoms with Crippen LogP contribution in [0.1, 0.15) is 25.3 Å². The number of benzene rings is 1. The lowest BCUT2D eigenvalue weighted by molar-refractivity contribution is -0.131. The molecule has 20 heavy (non-hydrogen) atoms. The van der Waals surface area contributed by atoms with E-state index in [1.165, 1.54) is 5.56 Å². The molecule has 1 aromatic rings. The lowest BCUT2D eigenvalue weighted by atomic mass is 9.69. The van der Waals surface area contributed by atoms with Crippen LogP contribution >= 0.6 is 0 Å². The van der Waals surface area contributed by atoms with Gasteiger partial charge in [-0.25, -0.2) is 0 Å². The van der Waals surface area contributed by atoms with Gasteiger partial charge in [-0.1, -0.05) is 18.2 Å². The van der Waals surface area contributed by atoms with Crippen molar-refractivity contribution in [2.75, 3.05) is 11.9 Å². The minimum atomic E-state index is -0.198. The first-order chi connectivity index (χ1) is 9.63. The minimum Gasteiger partial charge on any atom is -0.358 e. The Morgan fingerprint density at radius 2 is 2.20 bits per heavy atom. The van der Waals surface area contributed by atoms with Crippen molar-refractivity contribution >= 4 is 17.4 Å². The van der Waals surface area contributed by atoms with Gasteiger partial charge in [0.15, 0.2) is 5.78 Å². The van der Waals surface area contributed by atoms with Gasteiger partial charge in [0.2, 0.25) is 5.91 Å². The molecule has 0 aromatic heterocycles. The third kappa shape index (κ3) is 1.26. The molecule has 2 atom stereocenters.